The predicted octanol–water partition coefficient (Wildman–Crippen LogP) is 2.81. The number of rotatable bonds is 6. The van der Waals surface area contributed by atoms with Crippen molar-refractivity contribution < 1.29 is 9.59 Å². The fraction of sp³-hybridized carbons (Fsp3) is 0.238. The second-order valence-electron chi connectivity index (χ2n) is 6.94. The van der Waals surface area contributed by atoms with Gasteiger partial charge in [0.2, 0.25) is 0 Å². The van der Waals surface area contributed by atoms with E-state index in [1.54, 1.807) is 24.3 Å². The maximum Gasteiger partial charge on any atom is 0.196 e. The van der Waals surface area contributed by atoms with E-state index in [9.17, 15) is 9.59 Å². The van der Waals surface area contributed by atoms with Crippen LogP contribution in [-0.2, 0) is 0 Å². The number of nitrogens with two attached hydrogens (primary N) is 2. The zero-order valence-corrected chi connectivity index (χ0v) is 16.4. The lowest BCUT2D eigenvalue weighted by Gasteiger charge is -2.25. The summed E-state index contributed by atoms with van der Waals surface area (Å²) >= 11 is 1.53. The van der Waals surface area contributed by atoms with Crippen LogP contribution in [0.3, 0.4) is 0 Å². The topological polar surface area (TPSA) is 110 Å². The van der Waals surface area contributed by atoms with E-state index in [2.05, 4.69) is 10.6 Å². The number of carbonyl (C=O) groups excluding carboxylic acids is 2. The monoisotopic (exact) mass is 394 g/mol. The van der Waals surface area contributed by atoms with Gasteiger partial charge in [-0.15, -0.1) is 11.3 Å². The van der Waals surface area contributed by atoms with Crippen LogP contribution in [0.25, 0.3) is 10.1 Å². The lowest BCUT2D eigenvalue weighted by atomic mass is 9.81. The third-order valence-electron chi connectivity index (χ3n) is 4.83. The van der Waals surface area contributed by atoms with Crippen molar-refractivity contribution in [2.75, 3.05) is 30.3 Å². The highest BCUT2D eigenvalue weighted by Crippen LogP contribution is 2.45. The number of hydrogen-bond donors (Lipinski definition) is 4. The van der Waals surface area contributed by atoms with Gasteiger partial charge in [0.05, 0.1) is 27.2 Å². The number of anilines is 2. The van der Waals surface area contributed by atoms with Crippen LogP contribution in [0.5, 0.6) is 0 Å². The van der Waals surface area contributed by atoms with E-state index in [-0.39, 0.29) is 17.6 Å². The first kappa shape index (κ1) is 18.6. The molecule has 6 nitrogen and oxygen atoms in total. The fourth-order valence-corrected chi connectivity index (χ4v) is 4.54. The van der Waals surface area contributed by atoms with Gasteiger partial charge in [0.15, 0.2) is 11.6 Å². The van der Waals surface area contributed by atoms with Gasteiger partial charge in [-0.3, -0.25) is 9.59 Å². The Morgan fingerprint density at radius 3 is 2.25 bits per heavy atom. The van der Waals surface area contributed by atoms with Crippen molar-refractivity contribution in [2.45, 2.75) is 13.0 Å². The van der Waals surface area contributed by atoms with Crippen LogP contribution in [0.2, 0.25) is 0 Å². The van der Waals surface area contributed by atoms with Gasteiger partial charge in [-0.25, -0.2) is 0 Å². The van der Waals surface area contributed by atoms with E-state index >= 15 is 0 Å². The van der Waals surface area contributed by atoms with E-state index in [1.165, 1.54) is 11.3 Å². The first-order valence-electron chi connectivity index (χ1n) is 9.23. The van der Waals surface area contributed by atoms with Crippen LogP contribution in [0, 0.1) is 0 Å². The van der Waals surface area contributed by atoms with E-state index in [4.69, 9.17) is 11.5 Å². The quantitative estimate of drug-likeness (QED) is 0.374. The molecule has 6 N–H and O–H groups in total. The van der Waals surface area contributed by atoms with Crippen LogP contribution in [-0.4, -0.2) is 37.2 Å². The first-order chi connectivity index (χ1) is 13.5. The van der Waals surface area contributed by atoms with Crippen LogP contribution < -0.4 is 22.1 Å². The largest absolute Gasteiger partial charge is 0.382 e. The Bertz CT molecular complexity index is 1090. The molecular weight excluding hydrogens is 372 g/mol. The number of carbonyl (C=O) groups is 2. The third kappa shape index (κ3) is 2.88. The second kappa shape index (κ2) is 7.35. The Morgan fingerprint density at radius 1 is 1.00 bits per heavy atom. The van der Waals surface area contributed by atoms with Gasteiger partial charge in [0.25, 0.3) is 0 Å². The molecule has 0 amide bonds. The Morgan fingerprint density at radius 2 is 1.64 bits per heavy atom. The van der Waals surface area contributed by atoms with Crippen molar-refractivity contribution in [1.82, 2.24) is 0 Å². The van der Waals surface area contributed by atoms with Gasteiger partial charge in [-0.1, -0.05) is 24.3 Å². The van der Waals surface area contributed by atoms with E-state index < -0.39 is 0 Å². The summed E-state index contributed by atoms with van der Waals surface area (Å²) in [5.41, 5.74) is 14.7. The van der Waals surface area contributed by atoms with Gasteiger partial charge < -0.3 is 22.1 Å². The van der Waals surface area contributed by atoms with Gasteiger partial charge in [0, 0.05) is 42.2 Å². The third-order valence-corrected chi connectivity index (χ3v) is 5.76. The molecule has 3 aromatic rings. The van der Waals surface area contributed by atoms with Gasteiger partial charge in [0.1, 0.15) is 0 Å². The minimum absolute atomic E-state index is 0.0962. The zero-order chi connectivity index (χ0) is 19.8. The highest BCUT2D eigenvalue weighted by molar-refractivity contribution is 7.18. The van der Waals surface area contributed by atoms with Crippen molar-refractivity contribution in [3.05, 3.63) is 58.0 Å². The predicted molar refractivity (Wildman–Crippen MR) is 115 cm³/mol. The molecule has 0 aliphatic heterocycles. The summed E-state index contributed by atoms with van der Waals surface area (Å²) < 4.78 is 0.930. The molecule has 0 saturated heterocycles. The average Bonchev–Trinajstić information content (AvgIpc) is 3.18. The molecule has 28 heavy (non-hydrogen) atoms. The molecule has 0 spiro atoms. The summed E-state index contributed by atoms with van der Waals surface area (Å²) in [6.07, 6.45) is 0. The Balaban J connectivity index is 2.04. The summed E-state index contributed by atoms with van der Waals surface area (Å²) in [7, 11) is 0. The maximum absolute atomic E-state index is 13.4. The number of fused-ring (bicyclic) bond motifs is 3. The number of benzene rings is 2. The van der Waals surface area contributed by atoms with Crippen molar-refractivity contribution in [3.8, 4) is 0 Å². The molecule has 1 aromatic heterocycles. The first-order valence-corrected chi connectivity index (χ1v) is 10.1. The number of nitrogens with one attached hydrogen (secondary N) is 2. The molecule has 7 heteroatoms. The van der Waals surface area contributed by atoms with E-state index in [0.29, 0.717) is 53.3 Å². The molecule has 4 rings (SSSR count). The van der Waals surface area contributed by atoms with Crippen LogP contribution >= 0.6 is 11.3 Å². The fourth-order valence-electron chi connectivity index (χ4n) is 3.61. The minimum Gasteiger partial charge on any atom is -0.382 e. The SMILES string of the molecule is CC(N)CNc1c2c(c(NCCN)c3sccc13)C(=O)c1ccccc1C2=O. The number of ketones is 2. The Hall–Kier alpha value is -2.74. The van der Waals surface area contributed by atoms with E-state index in [1.807, 2.05) is 18.4 Å². The molecule has 1 unspecified atom stereocenters. The molecule has 1 atom stereocenters. The molecule has 0 fully saturated rings. The number of hydrogen-bond acceptors (Lipinski definition) is 7. The van der Waals surface area contributed by atoms with Gasteiger partial charge in [-0.2, -0.15) is 0 Å². The second-order valence-corrected chi connectivity index (χ2v) is 7.86. The lowest BCUT2D eigenvalue weighted by molar-refractivity contribution is 0.0980. The molecule has 144 valence electrons. The Labute approximate surface area is 166 Å². The average molecular weight is 395 g/mol. The molecule has 0 saturated carbocycles. The number of thiophene rings is 1. The highest BCUT2D eigenvalue weighted by atomic mass is 32.1. The van der Waals surface area contributed by atoms with Crippen LogP contribution in [0.1, 0.15) is 38.8 Å². The summed E-state index contributed by atoms with van der Waals surface area (Å²) in [6, 6.07) is 8.84. The van der Waals surface area contributed by atoms with Crippen LogP contribution in [0.4, 0.5) is 11.4 Å². The standard InChI is InChI=1S/C21H22N4O2S/c1-11(23)10-25-17-14-6-9-28-21(14)18(24-8-7-22)16-15(17)19(26)12-4-2-3-5-13(12)20(16)27/h2-6,9,11,24-25H,7-8,10,22-23H2,1H3. The highest BCUT2D eigenvalue weighted by Gasteiger charge is 2.36. The summed E-state index contributed by atoms with van der Waals surface area (Å²) in [5, 5.41) is 9.48. The molecule has 1 heterocycles. The molecule has 1 aliphatic carbocycles. The van der Waals surface area contributed by atoms with Crippen molar-refractivity contribution in [3.63, 3.8) is 0 Å². The molecule has 0 bridgehead atoms. The van der Waals surface area contributed by atoms with Gasteiger partial charge >= 0.3 is 0 Å². The van der Waals surface area contributed by atoms with Crippen molar-refractivity contribution in [1.29, 1.82) is 0 Å². The maximum atomic E-state index is 13.4. The summed E-state index contributed by atoms with van der Waals surface area (Å²) in [6.45, 7) is 3.32. The zero-order valence-electron chi connectivity index (χ0n) is 15.5. The molecule has 0 radical (unpaired) electrons. The smallest absolute Gasteiger partial charge is 0.196 e. The summed E-state index contributed by atoms with van der Waals surface area (Å²) in [5.74, 6) is -0.301. The minimum atomic E-state index is -0.152. The van der Waals surface area contributed by atoms with Crippen LogP contribution in [0.15, 0.2) is 35.7 Å². The summed E-state index contributed by atoms with van der Waals surface area (Å²) in [4.78, 5) is 26.9. The van der Waals surface area contributed by atoms with Crippen molar-refractivity contribution in [2.24, 2.45) is 11.5 Å². The normalized spacial score (nSPS) is 14.0. The van der Waals surface area contributed by atoms with E-state index in [0.717, 1.165) is 10.1 Å². The van der Waals surface area contributed by atoms with Gasteiger partial charge in [-0.05, 0) is 18.4 Å². The molecular formula is C21H22N4O2S. The molecule has 2 aromatic carbocycles. The Kier molecular flexibility index (Phi) is 4.89. The lowest BCUT2D eigenvalue weighted by Crippen LogP contribution is -2.29. The van der Waals surface area contributed by atoms with Crippen molar-refractivity contribution >= 4 is 44.4 Å². The molecule has 1 aliphatic rings.